The Balaban J connectivity index is 1.82. The Labute approximate surface area is 133 Å². The molecule has 6 heteroatoms. The zero-order valence-corrected chi connectivity index (χ0v) is 13.3. The van der Waals surface area contributed by atoms with Crippen molar-refractivity contribution < 1.29 is 14.3 Å². The van der Waals surface area contributed by atoms with Crippen molar-refractivity contribution in [1.29, 1.82) is 0 Å². The van der Waals surface area contributed by atoms with E-state index in [1.807, 2.05) is 11.9 Å². The van der Waals surface area contributed by atoms with Gasteiger partial charge in [-0.05, 0) is 44.5 Å². The van der Waals surface area contributed by atoms with Crippen LogP contribution < -0.4 is 10.9 Å². The first-order valence-electron chi connectivity index (χ1n) is 7.67. The lowest BCUT2D eigenvalue weighted by atomic mass is 10.1. The molecule has 2 aromatic rings. The highest BCUT2D eigenvalue weighted by atomic mass is 16.4. The number of nitrogens with zero attached hydrogens (tertiary/aromatic N) is 1. The summed E-state index contributed by atoms with van der Waals surface area (Å²) in [6.45, 7) is 2.43. The van der Waals surface area contributed by atoms with E-state index in [9.17, 15) is 14.7 Å². The summed E-state index contributed by atoms with van der Waals surface area (Å²) in [6.07, 6.45) is 2.12. The van der Waals surface area contributed by atoms with Gasteiger partial charge >= 0.3 is 5.63 Å². The Bertz CT molecular complexity index is 808. The van der Waals surface area contributed by atoms with Crippen LogP contribution in [0.1, 0.15) is 24.0 Å². The molecule has 1 aliphatic carbocycles. The molecule has 0 radical (unpaired) electrons. The van der Waals surface area contributed by atoms with Gasteiger partial charge in [-0.15, -0.1) is 0 Å². The fourth-order valence-corrected chi connectivity index (χ4v) is 2.64. The Morgan fingerprint density at radius 2 is 2.17 bits per heavy atom. The molecular weight excluding hydrogens is 296 g/mol. The van der Waals surface area contributed by atoms with E-state index in [4.69, 9.17) is 4.42 Å². The van der Waals surface area contributed by atoms with Gasteiger partial charge in [-0.1, -0.05) is 0 Å². The number of aromatic hydroxyl groups is 1. The van der Waals surface area contributed by atoms with Crippen LogP contribution in [0.15, 0.2) is 27.4 Å². The molecule has 1 heterocycles. The van der Waals surface area contributed by atoms with Crippen LogP contribution in [0.3, 0.4) is 0 Å². The van der Waals surface area contributed by atoms with Crippen molar-refractivity contribution in [3.05, 3.63) is 39.7 Å². The van der Waals surface area contributed by atoms with Crippen molar-refractivity contribution in [2.45, 2.75) is 32.4 Å². The average Bonchev–Trinajstić information content (AvgIpc) is 3.26. The quantitative estimate of drug-likeness (QED) is 0.817. The van der Waals surface area contributed by atoms with Crippen LogP contribution in [-0.2, 0) is 11.3 Å². The van der Waals surface area contributed by atoms with Gasteiger partial charge in [-0.2, -0.15) is 0 Å². The summed E-state index contributed by atoms with van der Waals surface area (Å²) in [5.74, 6) is 0.0889. The van der Waals surface area contributed by atoms with Crippen molar-refractivity contribution in [2.24, 2.45) is 0 Å². The molecule has 1 fully saturated rings. The molecule has 122 valence electrons. The van der Waals surface area contributed by atoms with Crippen LogP contribution in [-0.4, -0.2) is 35.5 Å². The number of phenolic OH excluding ortho intramolecular Hbond substituents is 1. The minimum atomic E-state index is -0.461. The number of hydrogen-bond acceptors (Lipinski definition) is 5. The standard InChI is InChI=1S/C17H20N2O4/c1-10-14(20)6-5-13-11(7-16(22)23-17(10)13)8-19(2)9-15(21)18-12-3-4-12/h5-7,12,20H,3-4,8-9H2,1-2H3,(H,18,21). The molecule has 3 rings (SSSR count). The van der Waals surface area contributed by atoms with Crippen molar-refractivity contribution in [3.8, 4) is 5.75 Å². The molecular formula is C17H20N2O4. The zero-order chi connectivity index (χ0) is 16.6. The Morgan fingerprint density at radius 3 is 2.87 bits per heavy atom. The van der Waals surface area contributed by atoms with Gasteiger partial charge in [0.15, 0.2) is 0 Å². The molecule has 0 bridgehead atoms. The number of benzene rings is 1. The summed E-state index contributed by atoms with van der Waals surface area (Å²) in [5.41, 5.74) is 1.25. The molecule has 2 N–H and O–H groups in total. The number of likely N-dealkylation sites (N-methyl/N-ethyl adjacent to an activating group) is 1. The first-order valence-corrected chi connectivity index (χ1v) is 7.67. The van der Waals surface area contributed by atoms with E-state index in [1.54, 1.807) is 19.1 Å². The molecule has 1 aromatic heterocycles. The van der Waals surface area contributed by atoms with Gasteiger partial charge in [0.05, 0.1) is 6.54 Å². The zero-order valence-electron chi connectivity index (χ0n) is 13.3. The lowest BCUT2D eigenvalue weighted by Gasteiger charge is -2.17. The third-order valence-corrected chi connectivity index (χ3v) is 4.01. The third-order valence-electron chi connectivity index (χ3n) is 4.01. The fraction of sp³-hybridized carbons (Fsp3) is 0.412. The van der Waals surface area contributed by atoms with Gasteiger partial charge in [0.1, 0.15) is 11.3 Å². The number of hydrogen-bond donors (Lipinski definition) is 2. The molecule has 0 spiro atoms. The minimum absolute atomic E-state index is 0.00361. The highest BCUT2D eigenvalue weighted by Gasteiger charge is 2.23. The van der Waals surface area contributed by atoms with Gasteiger partial charge in [-0.25, -0.2) is 4.79 Å². The van der Waals surface area contributed by atoms with E-state index < -0.39 is 5.63 Å². The predicted octanol–water partition coefficient (Wildman–Crippen LogP) is 1.52. The van der Waals surface area contributed by atoms with Gasteiger partial charge in [0, 0.05) is 29.6 Å². The molecule has 1 aliphatic rings. The summed E-state index contributed by atoms with van der Waals surface area (Å²) in [7, 11) is 1.83. The Morgan fingerprint density at radius 1 is 1.43 bits per heavy atom. The second-order valence-electron chi connectivity index (χ2n) is 6.19. The average molecular weight is 316 g/mol. The normalized spacial score (nSPS) is 14.4. The van der Waals surface area contributed by atoms with Gasteiger partial charge in [0.2, 0.25) is 5.91 Å². The summed E-state index contributed by atoms with van der Waals surface area (Å²) in [6, 6.07) is 5.09. The van der Waals surface area contributed by atoms with Crippen molar-refractivity contribution in [3.63, 3.8) is 0 Å². The molecule has 0 saturated heterocycles. The number of carbonyl (C=O) groups is 1. The number of carbonyl (C=O) groups excluding carboxylic acids is 1. The summed E-state index contributed by atoms with van der Waals surface area (Å²) >= 11 is 0. The van der Waals surface area contributed by atoms with Crippen LogP contribution in [0.2, 0.25) is 0 Å². The van der Waals surface area contributed by atoms with E-state index >= 15 is 0 Å². The van der Waals surface area contributed by atoms with Gasteiger partial charge in [0.25, 0.3) is 0 Å². The number of fused-ring (bicyclic) bond motifs is 1. The monoisotopic (exact) mass is 316 g/mol. The lowest BCUT2D eigenvalue weighted by Crippen LogP contribution is -2.36. The maximum atomic E-state index is 11.9. The smallest absolute Gasteiger partial charge is 0.336 e. The molecule has 0 unspecified atom stereocenters. The number of amides is 1. The number of nitrogens with one attached hydrogen (secondary N) is 1. The molecule has 1 aromatic carbocycles. The highest BCUT2D eigenvalue weighted by Crippen LogP contribution is 2.27. The lowest BCUT2D eigenvalue weighted by molar-refractivity contribution is -0.122. The van der Waals surface area contributed by atoms with E-state index in [0.29, 0.717) is 23.7 Å². The van der Waals surface area contributed by atoms with E-state index in [2.05, 4.69) is 5.32 Å². The van der Waals surface area contributed by atoms with Gasteiger partial charge in [-0.3, -0.25) is 9.69 Å². The first kappa shape index (κ1) is 15.6. The van der Waals surface area contributed by atoms with Crippen molar-refractivity contribution >= 4 is 16.9 Å². The van der Waals surface area contributed by atoms with Gasteiger partial charge < -0.3 is 14.8 Å². The van der Waals surface area contributed by atoms with Crippen LogP contribution in [0.25, 0.3) is 11.0 Å². The molecule has 6 nitrogen and oxygen atoms in total. The first-order chi connectivity index (χ1) is 10.9. The molecule has 0 aliphatic heterocycles. The minimum Gasteiger partial charge on any atom is -0.508 e. The maximum absolute atomic E-state index is 11.9. The maximum Gasteiger partial charge on any atom is 0.336 e. The van der Waals surface area contributed by atoms with E-state index in [0.717, 1.165) is 23.8 Å². The highest BCUT2D eigenvalue weighted by molar-refractivity contribution is 5.85. The molecule has 1 saturated carbocycles. The van der Waals surface area contributed by atoms with E-state index in [-0.39, 0.29) is 18.2 Å². The summed E-state index contributed by atoms with van der Waals surface area (Å²) in [5, 5.41) is 13.5. The second kappa shape index (κ2) is 6.04. The third kappa shape index (κ3) is 3.53. The van der Waals surface area contributed by atoms with Crippen LogP contribution in [0.5, 0.6) is 5.75 Å². The number of aryl methyl sites for hydroxylation is 1. The molecule has 1 amide bonds. The second-order valence-corrected chi connectivity index (χ2v) is 6.19. The predicted molar refractivity (Wildman–Crippen MR) is 86.4 cm³/mol. The Hall–Kier alpha value is -2.34. The van der Waals surface area contributed by atoms with E-state index in [1.165, 1.54) is 6.07 Å². The van der Waals surface area contributed by atoms with Crippen molar-refractivity contribution in [2.75, 3.05) is 13.6 Å². The fourth-order valence-electron chi connectivity index (χ4n) is 2.64. The Kier molecular flexibility index (Phi) is 4.09. The molecule has 23 heavy (non-hydrogen) atoms. The largest absolute Gasteiger partial charge is 0.508 e. The summed E-state index contributed by atoms with van der Waals surface area (Å²) < 4.78 is 5.22. The van der Waals surface area contributed by atoms with Crippen molar-refractivity contribution in [1.82, 2.24) is 10.2 Å². The SMILES string of the molecule is Cc1c(O)ccc2c(CN(C)CC(=O)NC3CC3)cc(=O)oc12. The number of rotatable bonds is 5. The summed E-state index contributed by atoms with van der Waals surface area (Å²) in [4.78, 5) is 25.5. The van der Waals surface area contributed by atoms with Crippen LogP contribution in [0.4, 0.5) is 0 Å². The topological polar surface area (TPSA) is 82.8 Å². The van der Waals surface area contributed by atoms with Crippen LogP contribution in [0, 0.1) is 6.92 Å². The number of phenols is 1. The van der Waals surface area contributed by atoms with Crippen LogP contribution >= 0.6 is 0 Å². The molecule has 0 atom stereocenters.